The van der Waals surface area contributed by atoms with Crippen molar-refractivity contribution in [3.63, 3.8) is 0 Å². The van der Waals surface area contributed by atoms with E-state index in [1.807, 2.05) is 42.5 Å². The highest BCUT2D eigenvalue weighted by atomic mass is 16.1. The Morgan fingerprint density at radius 2 is 1.88 bits per heavy atom. The van der Waals surface area contributed by atoms with Gasteiger partial charge < -0.3 is 5.32 Å². The summed E-state index contributed by atoms with van der Waals surface area (Å²) in [7, 11) is 0. The number of aromatic nitrogens is 1. The fraction of sp³-hybridized carbons (Fsp3) is 0.238. The van der Waals surface area contributed by atoms with Crippen LogP contribution < -0.4 is 5.32 Å². The fourth-order valence-electron chi connectivity index (χ4n) is 3.05. The number of carbonyl (C=O) groups excluding carboxylic acids is 1. The molecule has 0 unspecified atom stereocenters. The van der Waals surface area contributed by atoms with Crippen LogP contribution in [0.4, 0.5) is 0 Å². The van der Waals surface area contributed by atoms with Gasteiger partial charge in [-0.3, -0.25) is 9.78 Å². The number of carbonyl (C=O) groups is 1. The van der Waals surface area contributed by atoms with Crippen molar-refractivity contribution < 1.29 is 4.79 Å². The summed E-state index contributed by atoms with van der Waals surface area (Å²) in [6.07, 6.45) is 2.35. The minimum Gasteiger partial charge on any atom is -0.348 e. The third-order valence-corrected chi connectivity index (χ3v) is 4.68. The summed E-state index contributed by atoms with van der Waals surface area (Å²) >= 11 is 0. The smallest absolute Gasteiger partial charge is 0.252 e. The standard InChI is InChI=1S/C21H20N2O/c1-14-6-2-3-7-16(14)13-22-21(24)18-12-20(15-10-11-15)23-19-9-5-4-8-17(18)19/h2-9,12,15H,10-11,13H2,1H3,(H,22,24). The highest BCUT2D eigenvalue weighted by Crippen LogP contribution is 2.40. The number of amides is 1. The van der Waals surface area contributed by atoms with E-state index in [2.05, 4.69) is 24.4 Å². The first-order chi connectivity index (χ1) is 11.7. The first-order valence-electron chi connectivity index (χ1n) is 8.45. The minimum atomic E-state index is -0.0289. The zero-order chi connectivity index (χ0) is 16.5. The van der Waals surface area contributed by atoms with Gasteiger partial charge in [0.05, 0.1) is 11.1 Å². The first kappa shape index (κ1) is 14.9. The van der Waals surface area contributed by atoms with Gasteiger partial charge in [-0.05, 0) is 43.0 Å². The molecule has 1 fully saturated rings. The lowest BCUT2D eigenvalue weighted by Gasteiger charge is -2.11. The lowest BCUT2D eigenvalue weighted by atomic mass is 10.0. The molecule has 4 rings (SSSR count). The number of rotatable bonds is 4. The number of benzene rings is 2. The summed E-state index contributed by atoms with van der Waals surface area (Å²) in [5, 5.41) is 3.99. The summed E-state index contributed by atoms with van der Waals surface area (Å²) in [4.78, 5) is 17.5. The molecular weight excluding hydrogens is 296 g/mol. The van der Waals surface area contributed by atoms with Crippen molar-refractivity contribution in [1.82, 2.24) is 10.3 Å². The van der Waals surface area contributed by atoms with Crippen LogP contribution in [0.3, 0.4) is 0 Å². The Hall–Kier alpha value is -2.68. The predicted molar refractivity (Wildman–Crippen MR) is 96.1 cm³/mol. The van der Waals surface area contributed by atoms with E-state index in [-0.39, 0.29) is 5.91 Å². The summed E-state index contributed by atoms with van der Waals surface area (Å²) in [6, 6.07) is 18.0. The van der Waals surface area contributed by atoms with Crippen molar-refractivity contribution >= 4 is 16.8 Å². The Morgan fingerprint density at radius 3 is 2.67 bits per heavy atom. The van der Waals surface area contributed by atoms with Gasteiger partial charge in [0, 0.05) is 23.5 Å². The first-order valence-corrected chi connectivity index (χ1v) is 8.45. The van der Waals surface area contributed by atoms with Crippen LogP contribution in [-0.4, -0.2) is 10.9 Å². The van der Waals surface area contributed by atoms with Gasteiger partial charge in [0.1, 0.15) is 0 Å². The third kappa shape index (κ3) is 2.90. The van der Waals surface area contributed by atoms with Crippen LogP contribution in [0, 0.1) is 6.92 Å². The molecule has 1 heterocycles. The average molecular weight is 316 g/mol. The summed E-state index contributed by atoms with van der Waals surface area (Å²) in [5.74, 6) is 0.497. The zero-order valence-electron chi connectivity index (χ0n) is 13.8. The third-order valence-electron chi connectivity index (χ3n) is 4.68. The number of nitrogens with one attached hydrogen (secondary N) is 1. The molecule has 0 atom stereocenters. The van der Waals surface area contributed by atoms with Crippen LogP contribution in [0.15, 0.2) is 54.6 Å². The van der Waals surface area contributed by atoms with Gasteiger partial charge in [0.25, 0.3) is 5.91 Å². The lowest BCUT2D eigenvalue weighted by Crippen LogP contribution is -2.23. The van der Waals surface area contributed by atoms with Crippen molar-refractivity contribution in [2.24, 2.45) is 0 Å². The van der Waals surface area contributed by atoms with E-state index in [1.54, 1.807) is 0 Å². The van der Waals surface area contributed by atoms with Gasteiger partial charge in [-0.2, -0.15) is 0 Å². The van der Waals surface area contributed by atoms with Crippen LogP contribution >= 0.6 is 0 Å². The highest BCUT2D eigenvalue weighted by molar-refractivity contribution is 6.06. The Balaban J connectivity index is 1.65. The zero-order valence-corrected chi connectivity index (χ0v) is 13.8. The minimum absolute atomic E-state index is 0.0289. The average Bonchev–Trinajstić information content (AvgIpc) is 3.45. The van der Waals surface area contributed by atoms with Gasteiger partial charge in [-0.25, -0.2) is 0 Å². The molecule has 2 aromatic carbocycles. The van der Waals surface area contributed by atoms with E-state index in [9.17, 15) is 4.79 Å². The van der Waals surface area contributed by atoms with E-state index in [4.69, 9.17) is 4.98 Å². The molecule has 0 spiro atoms. The second-order valence-corrected chi connectivity index (χ2v) is 6.50. The van der Waals surface area contributed by atoms with Crippen molar-refractivity contribution in [1.29, 1.82) is 0 Å². The predicted octanol–water partition coefficient (Wildman–Crippen LogP) is 4.35. The van der Waals surface area contributed by atoms with Crippen molar-refractivity contribution in [2.75, 3.05) is 0 Å². The molecule has 1 aromatic heterocycles. The summed E-state index contributed by atoms with van der Waals surface area (Å²) in [5.41, 5.74) is 5.02. The van der Waals surface area contributed by atoms with Crippen LogP contribution in [0.5, 0.6) is 0 Å². The number of para-hydroxylation sites is 1. The molecule has 0 radical (unpaired) electrons. The summed E-state index contributed by atoms with van der Waals surface area (Å²) < 4.78 is 0. The Labute approximate surface area is 141 Å². The van der Waals surface area contributed by atoms with Crippen LogP contribution in [-0.2, 0) is 6.54 Å². The molecule has 3 aromatic rings. The monoisotopic (exact) mass is 316 g/mol. The van der Waals surface area contributed by atoms with Gasteiger partial charge in [-0.1, -0.05) is 42.5 Å². The van der Waals surface area contributed by atoms with Crippen LogP contribution in [0.25, 0.3) is 10.9 Å². The van der Waals surface area contributed by atoms with Crippen molar-refractivity contribution in [3.8, 4) is 0 Å². The van der Waals surface area contributed by atoms with E-state index < -0.39 is 0 Å². The van der Waals surface area contributed by atoms with Gasteiger partial charge in [-0.15, -0.1) is 0 Å². The molecule has 1 aliphatic carbocycles. The highest BCUT2D eigenvalue weighted by Gasteiger charge is 2.26. The second kappa shape index (κ2) is 6.08. The number of hydrogen-bond donors (Lipinski definition) is 1. The Kier molecular flexibility index (Phi) is 3.77. The van der Waals surface area contributed by atoms with Gasteiger partial charge in [0.2, 0.25) is 0 Å². The van der Waals surface area contributed by atoms with E-state index in [0.717, 1.165) is 27.7 Å². The maximum atomic E-state index is 12.8. The van der Waals surface area contributed by atoms with Crippen LogP contribution in [0.2, 0.25) is 0 Å². The maximum absolute atomic E-state index is 12.8. The second-order valence-electron chi connectivity index (χ2n) is 6.50. The molecule has 1 aliphatic rings. The molecule has 0 bridgehead atoms. The fourth-order valence-corrected chi connectivity index (χ4v) is 3.05. The lowest BCUT2D eigenvalue weighted by molar-refractivity contribution is 0.0952. The van der Waals surface area contributed by atoms with Crippen LogP contribution in [0.1, 0.15) is 45.9 Å². The quantitative estimate of drug-likeness (QED) is 0.777. The number of hydrogen-bond acceptors (Lipinski definition) is 2. The van der Waals surface area contributed by atoms with Gasteiger partial charge >= 0.3 is 0 Å². The van der Waals surface area contributed by atoms with Crippen molar-refractivity contribution in [3.05, 3.63) is 77.0 Å². The molecule has 0 aliphatic heterocycles. The normalized spacial score (nSPS) is 13.9. The largest absolute Gasteiger partial charge is 0.348 e. The molecule has 1 amide bonds. The molecule has 0 saturated heterocycles. The number of fused-ring (bicyclic) bond motifs is 1. The van der Waals surface area contributed by atoms with E-state index >= 15 is 0 Å². The number of pyridine rings is 1. The SMILES string of the molecule is Cc1ccccc1CNC(=O)c1cc(C2CC2)nc2ccccc12. The Morgan fingerprint density at radius 1 is 1.12 bits per heavy atom. The molecule has 3 heteroatoms. The molecule has 1 saturated carbocycles. The molecule has 3 nitrogen and oxygen atoms in total. The van der Waals surface area contributed by atoms with Crippen molar-refractivity contribution in [2.45, 2.75) is 32.2 Å². The molecule has 1 N–H and O–H groups in total. The topological polar surface area (TPSA) is 42.0 Å². The molecule has 24 heavy (non-hydrogen) atoms. The molecular formula is C21H20N2O. The van der Waals surface area contributed by atoms with E-state index in [1.165, 1.54) is 18.4 Å². The number of aryl methyl sites for hydroxylation is 1. The maximum Gasteiger partial charge on any atom is 0.252 e. The summed E-state index contributed by atoms with van der Waals surface area (Å²) in [6.45, 7) is 2.61. The van der Waals surface area contributed by atoms with E-state index in [0.29, 0.717) is 12.5 Å². The molecule has 120 valence electrons. The Bertz CT molecular complexity index is 913. The number of nitrogens with zero attached hydrogens (tertiary/aromatic N) is 1. The van der Waals surface area contributed by atoms with Gasteiger partial charge in [0.15, 0.2) is 0 Å².